The van der Waals surface area contributed by atoms with Gasteiger partial charge in [0.2, 0.25) is 0 Å². The summed E-state index contributed by atoms with van der Waals surface area (Å²) in [5.41, 5.74) is 8.01. The molecule has 4 nitrogen and oxygen atoms in total. The van der Waals surface area contributed by atoms with Crippen molar-refractivity contribution in [3.8, 4) is 0 Å². The van der Waals surface area contributed by atoms with E-state index in [4.69, 9.17) is 5.73 Å². The van der Waals surface area contributed by atoms with Gasteiger partial charge < -0.3 is 16.0 Å². The van der Waals surface area contributed by atoms with Crippen LogP contribution in [0.15, 0.2) is 18.2 Å². The van der Waals surface area contributed by atoms with Gasteiger partial charge in [0, 0.05) is 17.8 Å². The number of carbonyl (C=O) groups excluding carboxylic acids is 1. The Morgan fingerprint density at radius 1 is 1.23 bits per heavy atom. The zero-order valence-corrected chi connectivity index (χ0v) is 14.8. The number of aryl methyl sites for hydroxylation is 1. The number of nitrogens with two attached hydrogens (primary N) is 1. The average Bonchev–Trinajstić information content (AvgIpc) is 2.47. The molecule has 1 fully saturated rings. The summed E-state index contributed by atoms with van der Waals surface area (Å²) in [5.74, 6) is -0.0200. The van der Waals surface area contributed by atoms with E-state index < -0.39 is 0 Å². The van der Waals surface area contributed by atoms with Crippen molar-refractivity contribution >= 4 is 36.4 Å². The fraction of sp³-hybridized carbons (Fsp3) is 0.562. The topological polar surface area (TPSA) is 58.4 Å². The predicted molar refractivity (Wildman–Crippen MR) is 97.3 cm³/mol. The second kappa shape index (κ2) is 10.7. The van der Waals surface area contributed by atoms with E-state index in [0.717, 1.165) is 25.1 Å². The summed E-state index contributed by atoms with van der Waals surface area (Å²) < 4.78 is 0. The Bertz CT molecular complexity index is 463. The molecule has 2 rings (SSSR count). The minimum Gasteiger partial charge on any atom is -0.399 e. The molecule has 3 N–H and O–H groups in total. The molecule has 0 atom stereocenters. The van der Waals surface area contributed by atoms with Crippen LogP contribution in [0.3, 0.4) is 0 Å². The standard InChI is InChI=1S/C16H25N3O.2ClH/c1-13-6-7-14(17)12-15(13)16(20)18-8-5-11-19-9-3-2-4-10-19;;/h6-7,12H,2-5,8-11,17H2,1H3,(H,18,20);2*1H. The van der Waals surface area contributed by atoms with Gasteiger partial charge >= 0.3 is 0 Å². The number of nitrogens with one attached hydrogen (secondary N) is 1. The summed E-state index contributed by atoms with van der Waals surface area (Å²) in [6, 6.07) is 5.45. The number of carbonyl (C=O) groups is 1. The number of benzene rings is 1. The van der Waals surface area contributed by atoms with E-state index in [1.54, 1.807) is 6.07 Å². The monoisotopic (exact) mass is 347 g/mol. The minimum atomic E-state index is -0.0200. The molecule has 1 aliphatic heterocycles. The van der Waals surface area contributed by atoms with Crippen LogP contribution >= 0.6 is 24.8 Å². The van der Waals surface area contributed by atoms with Crippen LogP contribution in [0.25, 0.3) is 0 Å². The van der Waals surface area contributed by atoms with Gasteiger partial charge in [-0.3, -0.25) is 4.79 Å². The molecule has 1 aromatic carbocycles. The Morgan fingerprint density at radius 2 is 1.91 bits per heavy atom. The normalized spacial score (nSPS) is 14.6. The molecule has 126 valence electrons. The van der Waals surface area contributed by atoms with Crippen LogP contribution in [0, 0.1) is 6.92 Å². The number of nitrogen functional groups attached to an aromatic ring is 1. The highest BCUT2D eigenvalue weighted by Crippen LogP contribution is 2.12. The minimum absolute atomic E-state index is 0. The second-order valence-corrected chi connectivity index (χ2v) is 5.59. The smallest absolute Gasteiger partial charge is 0.251 e. The van der Waals surface area contributed by atoms with E-state index >= 15 is 0 Å². The largest absolute Gasteiger partial charge is 0.399 e. The van der Waals surface area contributed by atoms with Crippen LogP contribution in [0.1, 0.15) is 41.6 Å². The van der Waals surface area contributed by atoms with E-state index in [-0.39, 0.29) is 30.7 Å². The number of hydrogen-bond donors (Lipinski definition) is 2. The number of nitrogens with zero attached hydrogens (tertiary/aromatic N) is 1. The van der Waals surface area contributed by atoms with Crippen LogP contribution < -0.4 is 11.1 Å². The molecule has 1 aliphatic rings. The summed E-state index contributed by atoms with van der Waals surface area (Å²) in [5, 5.41) is 2.99. The summed E-state index contributed by atoms with van der Waals surface area (Å²) in [7, 11) is 0. The van der Waals surface area contributed by atoms with Crippen molar-refractivity contribution in [3.63, 3.8) is 0 Å². The molecular formula is C16H27Cl2N3O. The van der Waals surface area contributed by atoms with Gasteiger partial charge in [0.05, 0.1) is 0 Å². The van der Waals surface area contributed by atoms with E-state index in [1.165, 1.54) is 32.4 Å². The maximum absolute atomic E-state index is 12.1. The van der Waals surface area contributed by atoms with Gasteiger partial charge in [0.1, 0.15) is 0 Å². The first kappa shape index (κ1) is 21.0. The summed E-state index contributed by atoms with van der Waals surface area (Å²) >= 11 is 0. The number of rotatable bonds is 5. The Morgan fingerprint density at radius 3 is 2.59 bits per heavy atom. The third kappa shape index (κ3) is 6.42. The quantitative estimate of drug-likeness (QED) is 0.635. The van der Waals surface area contributed by atoms with Crippen LogP contribution in [0.5, 0.6) is 0 Å². The van der Waals surface area contributed by atoms with Crippen molar-refractivity contribution in [3.05, 3.63) is 29.3 Å². The number of hydrogen-bond acceptors (Lipinski definition) is 3. The first-order valence-corrected chi connectivity index (χ1v) is 7.53. The highest BCUT2D eigenvalue weighted by atomic mass is 35.5. The lowest BCUT2D eigenvalue weighted by Crippen LogP contribution is -2.33. The number of piperidine rings is 1. The lowest BCUT2D eigenvalue weighted by molar-refractivity contribution is 0.0950. The number of amides is 1. The molecule has 0 spiro atoms. The zero-order valence-electron chi connectivity index (χ0n) is 13.1. The van der Waals surface area contributed by atoms with Crippen molar-refractivity contribution in [2.45, 2.75) is 32.6 Å². The summed E-state index contributed by atoms with van der Waals surface area (Å²) in [6.45, 7) is 6.16. The summed E-state index contributed by atoms with van der Waals surface area (Å²) in [4.78, 5) is 14.6. The SMILES string of the molecule is Cc1ccc(N)cc1C(=O)NCCCN1CCCCC1.Cl.Cl. The van der Waals surface area contributed by atoms with Crippen LogP contribution in [0.2, 0.25) is 0 Å². The van der Waals surface area contributed by atoms with Gasteiger partial charge in [-0.15, -0.1) is 24.8 Å². The predicted octanol–water partition coefficient (Wildman–Crippen LogP) is 3.03. The molecule has 6 heteroatoms. The Hall–Kier alpha value is -0.970. The van der Waals surface area contributed by atoms with E-state index in [2.05, 4.69) is 10.2 Å². The molecule has 0 saturated carbocycles. The Kier molecular flexibility index (Phi) is 10.2. The highest BCUT2D eigenvalue weighted by Gasteiger charge is 2.11. The third-order valence-electron chi connectivity index (χ3n) is 3.89. The highest BCUT2D eigenvalue weighted by molar-refractivity contribution is 5.96. The van der Waals surface area contributed by atoms with Crippen molar-refractivity contribution in [1.29, 1.82) is 0 Å². The lowest BCUT2D eigenvalue weighted by Gasteiger charge is -2.26. The lowest BCUT2D eigenvalue weighted by atomic mass is 10.1. The molecule has 1 heterocycles. The van der Waals surface area contributed by atoms with Gasteiger partial charge in [-0.05, 0) is 63.5 Å². The Labute approximate surface area is 145 Å². The fourth-order valence-electron chi connectivity index (χ4n) is 2.67. The van der Waals surface area contributed by atoms with E-state index in [0.29, 0.717) is 11.3 Å². The first-order chi connectivity index (χ1) is 9.66. The molecule has 1 amide bonds. The fourth-order valence-corrected chi connectivity index (χ4v) is 2.67. The molecule has 22 heavy (non-hydrogen) atoms. The maximum Gasteiger partial charge on any atom is 0.251 e. The molecule has 1 aromatic rings. The molecular weight excluding hydrogens is 321 g/mol. The number of halogens is 2. The third-order valence-corrected chi connectivity index (χ3v) is 3.89. The van der Waals surface area contributed by atoms with Crippen molar-refractivity contribution in [2.24, 2.45) is 0 Å². The van der Waals surface area contributed by atoms with Crippen molar-refractivity contribution in [2.75, 3.05) is 31.9 Å². The van der Waals surface area contributed by atoms with Crippen molar-refractivity contribution in [1.82, 2.24) is 10.2 Å². The van der Waals surface area contributed by atoms with E-state index in [1.807, 2.05) is 19.1 Å². The van der Waals surface area contributed by atoms with Gasteiger partial charge in [0.25, 0.3) is 5.91 Å². The number of likely N-dealkylation sites (tertiary alicyclic amines) is 1. The average molecular weight is 348 g/mol. The van der Waals surface area contributed by atoms with Gasteiger partial charge in [-0.2, -0.15) is 0 Å². The van der Waals surface area contributed by atoms with Crippen molar-refractivity contribution < 1.29 is 4.79 Å². The van der Waals surface area contributed by atoms with E-state index in [9.17, 15) is 4.79 Å². The number of anilines is 1. The molecule has 1 saturated heterocycles. The molecule has 0 aliphatic carbocycles. The molecule has 0 bridgehead atoms. The zero-order chi connectivity index (χ0) is 14.4. The van der Waals surface area contributed by atoms with Gasteiger partial charge in [0.15, 0.2) is 0 Å². The summed E-state index contributed by atoms with van der Waals surface area (Å²) in [6.07, 6.45) is 5.00. The first-order valence-electron chi connectivity index (χ1n) is 7.53. The second-order valence-electron chi connectivity index (χ2n) is 5.59. The van der Waals surface area contributed by atoms with Gasteiger partial charge in [-0.25, -0.2) is 0 Å². The molecule has 0 unspecified atom stereocenters. The van der Waals surface area contributed by atoms with Gasteiger partial charge in [-0.1, -0.05) is 12.5 Å². The van der Waals surface area contributed by atoms with Crippen LogP contribution in [0.4, 0.5) is 5.69 Å². The molecule has 0 radical (unpaired) electrons. The Balaban J connectivity index is 0.00000220. The van der Waals surface area contributed by atoms with Crippen LogP contribution in [-0.2, 0) is 0 Å². The van der Waals surface area contributed by atoms with Crippen LogP contribution in [-0.4, -0.2) is 37.0 Å². The molecule has 0 aromatic heterocycles. The maximum atomic E-state index is 12.1.